The summed E-state index contributed by atoms with van der Waals surface area (Å²) < 4.78 is 41.8. The van der Waals surface area contributed by atoms with E-state index in [0.29, 0.717) is 5.56 Å². The van der Waals surface area contributed by atoms with Crippen molar-refractivity contribution in [2.75, 3.05) is 12.9 Å². The van der Waals surface area contributed by atoms with Gasteiger partial charge in [-0.1, -0.05) is 18.2 Å². The van der Waals surface area contributed by atoms with E-state index in [1.54, 1.807) is 29.2 Å². The summed E-state index contributed by atoms with van der Waals surface area (Å²) in [5, 5.41) is 0. The Bertz CT molecular complexity index is 677. The lowest BCUT2D eigenvalue weighted by molar-refractivity contribution is -0.0102. The molecule has 23 heavy (non-hydrogen) atoms. The molecule has 0 spiro atoms. The quantitative estimate of drug-likeness (QED) is 0.787. The third kappa shape index (κ3) is 3.55. The first kappa shape index (κ1) is 16.4. The molecule has 2 bridgehead atoms. The zero-order valence-corrected chi connectivity index (χ0v) is 13.8. The Balaban J connectivity index is 1.73. The van der Waals surface area contributed by atoms with Gasteiger partial charge in [0, 0.05) is 30.5 Å². The number of benzene rings is 1. The van der Waals surface area contributed by atoms with Crippen LogP contribution in [0.25, 0.3) is 0 Å². The molecule has 126 valence electrons. The van der Waals surface area contributed by atoms with Gasteiger partial charge >= 0.3 is 0 Å². The maximum absolute atomic E-state index is 15.0. The van der Waals surface area contributed by atoms with Crippen molar-refractivity contribution in [1.29, 1.82) is 0 Å². The van der Waals surface area contributed by atoms with Crippen LogP contribution in [0.4, 0.5) is 4.39 Å². The minimum absolute atomic E-state index is 0.0795. The molecule has 0 N–H and O–H groups in total. The topological polar surface area (TPSA) is 63.7 Å². The molecular weight excluding hydrogens is 321 g/mol. The third-order valence-corrected chi connectivity index (χ3v) is 5.16. The fourth-order valence-electron chi connectivity index (χ4n) is 3.68. The molecule has 0 aromatic heterocycles. The summed E-state index contributed by atoms with van der Waals surface area (Å²) in [5.74, 6) is -0.0795. The average molecular weight is 341 g/mol. The van der Waals surface area contributed by atoms with Gasteiger partial charge in [-0.05, 0) is 25.0 Å². The van der Waals surface area contributed by atoms with E-state index in [1.165, 1.54) is 0 Å². The zero-order chi connectivity index (χ0) is 16.7. The number of carbonyl (C=O) groups excluding carboxylic acids is 1. The first-order chi connectivity index (χ1) is 10.8. The third-order valence-electron chi connectivity index (χ3n) is 4.61. The van der Waals surface area contributed by atoms with Gasteiger partial charge in [-0.15, -0.1) is 0 Å². The summed E-state index contributed by atoms with van der Waals surface area (Å²) in [7, 11) is -3.67. The summed E-state index contributed by atoms with van der Waals surface area (Å²) in [5.41, 5.74) is -1.09. The van der Waals surface area contributed by atoms with E-state index in [0.717, 1.165) is 19.1 Å². The fraction of sp³-hybridized carbons (Fsp3) is 0.562. The number of carbonyl (C=O) groups is 1. The highest BCUT2D eigenvalue weighted by molar-refractivity contribution is 7.85. The summed E-state index contributed by atoms with van der Waals surface area (Å²) in [4.78, 5) is 14.4. The maximum Gasteiger partial charge on any atom is 0.264 e. The Labute approximate surface area is 135 Å². The molecule has 2 aliphatic rings. The second kappa shape index (κ2) is 5.87. The van der Waals surface area contributed by atoms with Crippen molar-refractivity contribution >= 4 is 16.0 Å². The van der Waals surface area contributed by atoms with Gasteiger partial charge in [-0.3, -0.25) is 8.98 Å². The summed E-state index contributed by atoms with van der Waals surface area (Å²) >= 11 is 0. The normalized spacial score (nSPS) is 30.4. The van der Waals surface area contributed by atoms with E-state index >= 15 is 0 Å². The predicted octanol–water partition coefficient (Wildman–Crippen LogP) is 2.14. The second-order valence-electron chi connectivity index (χ2n) is 6.49. The fourth-order valence-corrected chi connectivity index (χ4v) is 4.11. The molecule has 0 radical (unpaired) electrons. The van der Waals surface area contributed by atoms with Crippen molar-refractivity contribution in [2.24, 2.45) is 0 Å². The van der Waals surface area contributed by atoms with E-state index < -0.39 is 22.4 Å². The summed E-state index contributed by atoms with van der Waals surface area (Å²) in [6.45, 7) is -0.466. The Hall–Kier alpha value is -1.47. The van der Waals surface area contributed by atoms with E-state index in [4.69, 9.17) is 0 Å². The first-order valence-electron chi connectivity index (χ1n) is 7.68. The molecule has 2 aliphatic heterocycles. The first-order valence-corrected chi connectivity index (χ1v) is 9.50. The Kier molecular flexibility index (Phi) is 4.18. The molecule has 3 rings (SSSR count). The molecule has 0 saturated carbocycles. The van der Waals surface area contributed by atoms with Gasteiger partial charge in [-0.25, -0.2) is 4.39 Å². The zero-order valence-electron chi connectivity index (χ0n) is 12.9. The van der Waals surface area contributed by atoms with E-state index in [9.17, 15) is 17.6 Å². The van der Waals surface area contributed by atoms with E-state index in [2.05, 4.69) is 4.18 Å². The van der Waals surface area contributed by atoms with Crippen LogP contribution in [-0.4, -0.2) is 49.8 Å². The highest BCUT2D eigenvalue weighted by Crippen LogP contribution is 2.43. The second-order valence-corrected chi connectivity index (χ2v) is 8.13. The molecule has 1 unspecified atom stereocenters. The molecule has 3 atom stereocenters. The molecule has 7 heteroatoms. The molecule has 0 aliphatic carbocycles. The van der Waals surface area contributed by atoms with Gasteiger partial charge in [0.25, 0.3) is 16.0 Å². The standard InChI is InChI=1S/C16H20FNO4S/c1-23(20,21)22-11-16(17)9-13-7-8-14(10-16)18(13)15(19)12-5-3-2-4-6-12/h2-6,13-14H,7-11H2,1H3/t13-,14+,16?. The predicted molar refractivity (Wildman–Crippen MR) is 83.3 cm³/mol. The van der Waals surface area contributed by atoms with Gasteiger partial charge in [-0.2, -0.15) is 8.42 Å². The Morgan fingerprint density at radius 2 is 1.83 bits per heavy atom. The molecule has 2 fully saturated rings. The van der Waals surface area contributed by atoms with Gasteiger partial charge in [0.1, 0.15) is 12.3 Å². The lowest BCUT2D eigenvalue weighted by Gasteiger charge is -2.42. The van der Waals surface area contributed by atoms with Gasteiger partial charge in [0.2, 0.25) is 0 Å². The van der Waals surface area contributed by atoms with Crippen LogP contribution in [0.1, 0.15) is 36.0 Å². The van der Waals surface area contributed by atoms with Crippen molar-refractivity contribution < 1.29 is 21.8 Å². The van der Waals surface area contributed by atoms with Crippen LogP contribution < -0.4 is 0 Å². The Morgan fingerprint density at radius 1 is 1.26 bits per heavy atom. The van der Waals surface area contributed by atoms with Crippen LogP contribution >= 0.6 is 0 Å². The number of hydrogen-bond acceptors (Lipinski definition) is 4. The number of hydrogen-bond donors (Lipinski definition) is 0. The van der Waals surface area contributed by atoms with E-state index in [-0.39, 0.29) is 30.8 Å². The highest BCUT2D eigenvalue weighted by Gasteiger charge is 2.51. The number of piperidine rings is 1. The number of fused-ring (bicyclic) bond motifs is 2. The number of rotatable bonds is 4. The number of nitrogens with zero attached hydrogens (tertiary/aromatic N) is 1. The van der Waals surface area contributed by atoms with Crippen molar-refractivity contribution in [3.05, 3.63) is 35.9 Å². The van der Waals surface area contributed by atoms with Crippen molar-refractivity contribution in [3.8, 4) is 0 Å². The molecule has 1 aromatic carbocycles. The van der Waals surface area contributed by atoms with Crippen LogP contribution in [0.15, 0.2) is 30.3 Å². The summed E-state index contributed by atoms with van der Waals surface area (Å²) in [6.07, 6.45) is 2.65. The maximum atomic E-state index is 15.0. The van der Waals surface area contributed by atoms with Crippen LogP contribution in [0.3, 0.4) is 0 Å². The van der Waals surface area contributed by atoms with Gasteiger partial charge in [0.05, 0.1) is 6.26 Å². The van der Waals surface area contributed by atoms with Crippen molar-refractivity contribution in [2.45, 2.75) is 43.4 Å². The smallest absolute Gasteiger partial charge is 0.264 e. The number of halogens is 1. The lowest BCUT2D eigenvalue weighted by Crippen LogP contribution is -2.53. The minimum atomic E-state index is -3.67. The van der Waals surface area contributed by atoms with Crippen molar-refractivity contribution in [3.63, 3.8) is 0 Å². The van der Waals surface area contributed by atoms with E-state index in [1.807, 2.05) is 6.07 Å². The molecule has 1 aromatic rings. The lowest BCUT2D eigenvalue weighted by atomic mass is 9.88. The Morgan fingerprint density at radius 3 is 2.35 bits per heavy atom. The average Bonchev–Trinajstić information content (AvgIpc) is 2.78. The minimum Gasteiger partial charge on any atom is -0.332 e. The molecular formula is C16H20FNO4S. The molecule has 5 nitrogen and oxygen atoms in total. The number of alkyl halides is 1. The highest BCUT2D eigenvalue weighted by atomic mass is 32.2. The van der Waals surface area contributed by atoms with Gasteiger partial charge < -0.3 is 4.90 Å². The van der Waals surface area contributed by atoms with Gasteiger partial charge in [0.15, 0.2) is 0 Å². The molecule has 2 saturated heterocycles. The van der Waals surface area contributed by atoms with Crippen LogP contribution in [-0.2, 0) is 14.3 Å². The summed E-state index contributed by atoms with van der Waals surface area (Å²) in [6, 6.07) is 8.56. The largest absolute Gasteiger partial charge is 0.332 e. The van der Waals surface area contributed by atoms with Crippen molar-refractivity contribution in [1.82, 2.24) is 4.90 Å². The number of amides is 1. The monoisotopic (exact) mass is 341 g/mol. The van der Waals surface area contributed by atoms with Crippen LogP contribution in [0.5, 0.6) is 0 Å². The van der Waals surface area contributed by atoms with Crippen LogP contribution in [0.2, 0.25) is 0 Å². The molecule has 1 amide bonds. The van der Waals surface area contributed by atoms with Crippen LogP contribution in [0, 0.1) is 0 Å². The molecule has 2 heterocycles. The SMILES string of the molecule is CS(=O)(=O)OCC1(F)C[C@H]2CC[C@@H](C1)N2C(=O)c1ccccc1.